The first-order valence-corrected chi connectivity index (χ1v) is 9.62. The van der Waals surface area contributed by atoms with Crippen molar-refractivity contribution in [3.8, 4) is 0 Å². The maximum atomic E-state index is 13.5. The zero-order valence-corrected chi connectivity index (χ0v) is 17.1. The lowest BCUT2D eigenvalue weighted by atomic mass is 10.1. The number of nitrogens with one attached hydrogen (secondary N) is 2. The number of benzene rings is 1. The van der Waals surface area contributed by atoms with E-state index in [1.54, 1.807) is 12.1 Å². The number of nitrogens with zero attached hydrogens (tertiary/aromatic N) is 2. The van der Waals surface area contributed by atoms with E-state index in [9.17, 15) is 14.3 Å². The van der Waals surface area contributed by atoms with Crippen LogP contribution in [0.1, 0.15) is 45.2 Å². The first-order chi connectivity index (χ1) is 13.2. The van der Waals surface area contributed by atoms with Crippen LogP contribution in [0, 0.1) is 5.82 Å². The van der Waals surface area contributed by atoms with Crippen molar-refractivity contribution >= 4 is 12.1 Å². The summed E-state index contributed by atoms with van der Waals surface area (Å²) in [5.41, 5.74) is 0.561. The van der Waals surface area contributed by atoms with Crippen LogP contribution in [0.25, 0.3) is 0 Å². The molecule has 0 aromatic heterocycles. The molecule has 156 valence electrons. The van der Waals surface area contributed by atoms with E-state index in [1.165, 1.54) is 6.07 Å². The predicted octanol–water partition coefficient (Wildman–Crippen LogP) is 2.38. The van der Waals surface area contributed by atoms with Crippen LogP contribution >= 0.6 is 0 Å². The fourth-order valence-corrected chi connectivity index (χ4v) is 2.98. The van der Waals surface area contributed by atoms with Crippen LogP contribution in [0.5, 0.6) is 0 Å². The highest BCUT2D eigenvalue weighted by Crippen LogP contribution is 2.14. The van der Waals surface area contributed by atoms with E-state index in [-0.39, 0.29) is 18.2 Å². The summed E-state index contributed by atoms with van der Waals surface area (Å²) in [5.74, 6) is 0.323. The van der Waals surface area contributed by atoms with E-state index in [2.05, 4.69) is 20.5 Å². The zero-order valence-electron chi connectivity index (χ0n) is 17.1. The predicted molar refractivity (Wildman–Crippen MR) is 106 cm³/mol. The molecule has 8 heteroatoms. The number of hydrogen-bond acceptors (Lipinski definition) is 4. The van der Waals surface area contributed by atoms with Crippen LogP contribution in [-0.4, -0.2) is 53.3 Å². The number of amides is 1. The Morgan fingerprint density at radius 1 is 1.43 bits per heavy atom. The van der Waals surface area contributed by atoms with Crippen molar-refractivity contribution in [1.82, 2.24) is 15.5 Å². The van der Waals surface area contributed by atoms with Crippen LogP contribution in [0.3, 0.4) is 0 Å². The van der Waals surface area contributed by atoms with Crippen LogP contribution in [0.15, 0.2) is 23.2 Å². The van der Waals surface area contributed by atoms with Gasteiger partial charge in [0.2, 0.25) is 0 Å². The van der Waals surface area contributed by atoms with Crippen molar-refractivity contribution in [2.75, 3.05) is 19.6 Å². The largest absolute Gasteiger partial charge is 0.444 e. The van der Waals surface area contributed by atoms with Crippen molar-refractivity contribution in [1.29, 1.82) is 0 Å². The van der Waals surface area contributed by atoms with Gasteiger partial charge in [-0.1, -0.05) is 6.07 Å². The second-order valence-corrected chi connectivity index (χ2v) is 7.83. The molecule has 0 radical (unpaired) electrons. The van der Waals surface area contributed by atoms with Crippen molar-refractivity contribution < 1.29 is 19.0 Å². The zero-order chi connectivity index (χ0) is 20.7. The molecule has 0 aliphatic carbocycles. The Labute approximate surface area is 166 Å². The van der Waals surface area contributed by atoms with Gasteiger partial charge in [0.1, 0.15) is 11.4 Å². The summed E-state index contributed by atoms with van der Waals surface area (Å²) in [6.07, 6.45) is 0.388. The van der Waals surface area contributed by atoms with Crippen molar-refractivity contribution in [3.05, 3.63) is 35.1 Å². The number of ether oxygens (including phenoxy) is 1. The van der Waals surface area contributed by atoms with Crippen LogP contribution in [0.4, 0.5) is 9.18 Å². The number of aliphatic hydroxyl groups excluding tert-OH is 1. The summed E-state index contributed by atoms with van der Waals surface area (Å²) in [7, 11) is 0. The molecule has 3 N–H and O–H groups in total. The van der Waals surface area contributed by atoms with E-state index >= 15 is 0 Å². The number of hydrogen-bond donors (Lipinski definition) is 3. The third-order valence-electron chi connectivity index (χ3n) is 4.24. The fraction of sp³-hybridized carbons (Fsp3) is 0.600. The Balaban J connectivity index is 1.98. The summed E-state index contributed by atoms with van der Waals surface area (Å²) in [6, 6.07) is 4.63. The smallest absolute Gasteiger partial charge is 0.407 e. The van der Waals surface area contributed by atoms with Crippen LogP contribution in [0.2, 0.25) is 0 Å². The number of guanidine groups is 1. The van der Waals surface area contributed by atoms with Gasteiger partial charge < -0.3 is 25.4 Å². The van der Waals surface area contributed by atoms with Gasteiger partial charge in [0.25, 0.3) is 0 Å². The van der Waals surface area contributed by atoms with Gasteiger partial charge in [-0.2, -0.15) is 0 Å². The number of likely N-dealkylation sites (tertiary alicyclic amines) is 1. The molecular weight excluding hydrogens is 363 g/mol. The molecule has 1 aliphatic rings. The Kier molecular flexibility index (Phi) is 7.62. The summed E-state index contributed by atoms with van der Waals surface area (Å²) in [6.45, 7) is 9.63. The van der Waals surface area contributed by atoms with E-state index in [0.717, 1.165) is 24.5 Å². The van der Waals surface area contributed by atoms with Gasteiger partial charge in [0.15, 0.2) is 5.96 Å². The lowest BCUT2D eigenvalue weighted by molar-refractivity contribution is 0.0507. The van der Waals surface area contributed by atoms with E-state index in [0.29, 0.717) is 19.6 Å². The van der Waals surface area contributed by atoms with Gasteiger partial charge in [0, 0.05) is 25.2 Å². The minimum absolute atomic E-state index is 0.00878. The third-order valence-corrected chi connectivity index (χ3v) is 4.24. The number of carbonyl (C=O) groups excluding carboxylic acids is 1. The normalized spacial score (nSPS) is 17.6. The molecule has 7 nitrogen and oxygen atoms in total. The van der Waals surface area contributed by atoms with Crippen molar-refractivity contribution in [3.63, 3.8) is 0 Å². The molecule has 28 heavy (non-hydrogen) atoms. The Bertz CT molecular complexity index is 703. The highest BCUT2D eigenvalue weighted by Gasteiger charge is 2.27. The first kappa shape index (κ1) is 21.9. The van der Waals surface area contributed by atoms with E-state index in [1.807, 2.05) is 27.7 Å². The molecule has 1 aliphatic heterocycles. The molecule has 1 aromatic rings. The fourth-order valence-electron chi connectivity index (χ4n) is 2.98. The van der Waals surface area contributed by atoms with E-state index in [4.69, 9.17) is 4.74 Å². The van der Waals surface area contributed by atoms with Crippen molar-refractivity contribution in [2.24, 2.45) is 4.99 Å². The molecule has 0 saturated carbocycles. The van der Waals surface area contributed by atoms with Gasteiger partial charge in [-0.25, -0.2) is 14.2 Å². The molecular formula is C20H31FN4O3. The van der Waals surface area contributed by atoms with Crippen LogP contribution in [-0.2, 0) is 17.9 Å². The van der Waals surface area contributed by atoms with Gasteiger partial charge in [0.05, 0.1) is 19.2 Å². The number of alkyl carbamates (subject to hydrolysis) is 1. The summed E-state index contributed by atoms with van der Waals surface area (Å²) in [4.78, 5) is 18.7. The third kappa shape index (κ3) is 6.67. The summed E-state index contributed by atoms with van der Waals surface area (Å²) < 4.78 is 18.8. The molecule has 1 saturated heterocycles. The molecule has 1 aromatic carbocycles. The lowest BCUT2D eigenvalue weighted by Gasteiger charge is -2.23. The highest BCUT2D eigenvalue weighted by molar-refractivity contribution is 5.80. The monoisotopic (exact) mass is 394 g/mol. The molecule has 0 spiro atoms. The highest BCUT2D eigenvalue weighted by atomic mass is 19.1. The topological polar surface area (TPSA) is 86.2 Å². The Morgan fingerprint density at radius 3 is 2.82 bits per heavy atom. The number of aliphatic hydroxyl groups is 1. The molecule has 0 unspecified atom stereocenters. The van der Waals surface area contributed by atoms with Crippen molar-refractivity contribution in [2.45, 2.75) is 58.9 Å². The van der Waals surface area contributed by atoms with Gasteiger partial charge >= 0.3 is 6.09 Å². The number of halogens is 1. The number of aliphatic imine (C=N–C) groups is 1. The minimum atomic E-state index is -0.526. The maximum Gasteiger partial charge on any atom is 0.407 e. The average Bonchev–Trinajstić information content (AvgIpc) is 3.06. The molecule has 1 heterocycles. The van der Waals surface area contributed by atoms with Gasteiger partial charge in [-0.15, -0.1) is 0 Å². The van der Waals surface area contributed by atoms with Gasteiger partial charge in [-0.3, -0.25) is 0 Å². The van der Waals surface area contributed by atoms with E-state index < -0.39 is 17.5 Å². The first-order valence-electron chi connectivity index (χ1n) is 9.62. The molecule has 1 amide bonds. The van der Waals surface area contributed by atoms with Crippen LogP contribution < -0.4 is 10.6 Å². The maximum absolute atomic E-state index is 13.5. The van der Waals surface area contributed by atoms with Gasteiger partial charge in [-0.05, 0) is 51.8 Å². The molecule has 1 atom stereocenters. The number of rotatable bonds is 5. The Morgan fingerprint density at radius 2 is 2.18 bits per heavy atom. The minimum Gasteiger partial charge on any atom is -0.444 e. The quantitative estimate of drug-likeness (QED) is 0.527. The standard InChI is InChI=1S/C20H31FN4O3/c1-5-22-18(23-11-14-6-7-17(21)15(10-14)13-26)25-9-8-16(12-25)24-19(27)28-20(2,3)4/h6-7,10,16,26H,5,8-9,11-13H2,1-4H3,(H,22,23)(H,24,27)/t16-/m1/s1. The SMILES string of the molecule is CCNC(=NCc1ccc(F)c(CO)c1)N1CC[C@@H](NC(=O)OC(C)(C)C)C1. The second-order valence-electron chi connectivity index (χ2n) is 7.83. The lowest BCUT2D eigenvalue weighted by Crippen LogP contribution is -2.44. The Hall–Kier alpha value is -2.35. The molecule has 2 rings (SSSR count). The molecule has 0 bridgehead atoms. The number of carbonyl (C=O) groups is 1. The second kappa shape index (κ2) is 9.73. The average molecular weight is 394 g/mol. The summed E-state index contributed by atoms with van der Waals surface area (Å²) >= 11 is 0. The molecule has 1 fully saturated rings. The summed E-state index contributed by atoms with van der Waals surface area (Å²) in [5, 5.41) is 15.4.